The second-order valence-corrected chi connectivity index (χ2v) is 3.78. The van der Waals surface area contributed by atoms with Crippen LogP contribution in [0.2, 0.25) is 0 Å². The molecule has 1 aromatic rings. The Kier molecular flexibility index (Phi) is 2.73. The van der Waals surface area contributed by atoms with E-state index < -0.39 is 0 Å². The minimum Gasteiger partial charge on any atom is -0.493 e. The summed E-state index contributed by atoms with van der Waals surface area (Å²) in [5.74, 6) is 1.41. The number of carbonyl (C=O) groups excluding carboxylic acids is 1. The standard InChI is InChI=1S/C12H15NO3/c1-13-12(14)9-4-7-5-10(15-2)11(16-3)6-8(7)9/h5-6,9H,4H2,1-3H3,(H,13,14)/t9-/m1/s1. The SMILES string of the molecule is CNC(=O)[C@@H]1Cc2cc(OC)c(OC)cc21. The maximum absolute atomic E-state index is 11.5. The Morgan fingerprint density at radius 1 is 1.31 bits per heavy atom. The largest absolute Gasteiger partial charge is 0.493 e. The minimum atomic E-state index is -0.0418. The van der Waals surface area contributed by atoms with Gasteiger partial charge in [-0.1, -0.05) is 0 Å². The molecule has 0 aliphatic heterocycles. The Morgan fingerprint density at radius 3 is 2.50 bits per heavy atom. The Morgan fingerprint density at radius 2 is 1.94 bits per heavy atom. The van der Waals surface area contributed by atoms with Crippen molar-refractivity contribution in [3.8, 4) is 11.5 Å². The molecule has 0 heterocycles. The van der Waals surface area contributed by atoms with Crippen molar-refractivity contribution < 1.29 is 14.3 Å². The van der Waals surface area contributed by atoms with Gasteiger partial charge in [-0.15, -0.1) is 0 Å². The summed E-state index contributed by atoms with van der Waals surface area (Å²) in [6.45, 7) is 0. The molecule has 0 radical (unpaired) electrons. The maximum atomic E-state index is 11.5. The Balaban J connectivity index is 2.34. The summed E-state index contributed by atoms with van der Waals surface area (Å²) in [7, 11) is 4.86. The highest BCUT2D eigenvalue weighted by Crippen LogP contribution is 2.42. The van der Waals surface area contributed by atoms with Gasteiger partial charge in [-0.3, -0.25) is 4.79 Å². The van der Waals surface area contributed by atoms with Crippen molar-refractivity contribution in [3.05, 3.63) is 23.3 Å². The van der Waals surface area contributed by atoms with Crippen molar-refractivity contribution in [1.29, 1.82) is 0 Å². The molecule has 1 amide bonds. The summed E-state index contributed by atoms with van der Waals surface area (Å²) >= 11 is 0. The fraction of sp³-hybridized carbons (Fsp3) is 0.417. The average molecular weight is 221 g/mol. The molecule has 2 rings (SSSR count). The number of nitrogens with one attached hydrogen (secondary N) is 1. The number of methoxy groups -OCH3 is 2. The van der Waals surface area contributed by atoms with E-state index in [9.17, 15) is 4.79 Å². The van der Waals surface area contributed by atoms with Crippen LogP contribution in [0.1, 0.15) is 17.0 Å². The van der Waals surface area contributed by atoms with Crippen LogP contribution >= 0.6 is 0 Å². The van der Waals surface area contributed by atoms with Gasteiger partial charge < -0.3 is 14.8 Å². The smallest absolute Gasteiger partial charge is 0.227 e. The average Bonchev–Trinajstić information content (AvgIpc) is 2.30. The number of hydrogen-bond donors (Lipinski definition) is 1. The van der Waals surface area contributed by atoms with Crippen molar-refractivity contribution in [2.75, 3.05) is 21.3 Å². The van der Waals surface area contributed by atoms with Crippen molar-refractivity contribution >= 4 is 5.91 Å². The Hall–Kier alpha value is -1.71. The molecule has 1 aliphatic carbocycles. The molecule has 0 bridgehead atoms. The van der Waals surface area contributed by atoms with Gasteiger partial charge in [0, 0.05) is 7.05 Å². The predicted molar refractivity (Wildman–Crippen MR) is 60.1 cm³/mol. The van der Waals surface area contributed by atoms with Crippen molar-refractivity contribution in [3.63, 3.8) is 0 Å². The van der Waals surface area contributed by atoms with Crippen molar-refractivity contribution in [2.45, 2.75) is 12.3 Å². The predicted octanol–water partition coefficient (Wildman–Crippen LogP) is 1.09. The first kappa shape index (κ1) is 10.8. The van der Waals surface area contributed by atoms with Gasteiger partial charge in [-0.05, 0) is 29.7 Å². The number of ether oxygens (including phenoxy) is 2. The van der Waals surface area contributed by atoms with Gasteiger partial charge in [-0.2, -0.15) is 0 Å². The molecule has 0 aromatic heterocycles. The van der Waals surface area contributed by atoms with Gasteiger partial charge in [0.25, 0.3) is 0 Å². The zero-order valence-electron chi connectivity index (χ0n) is 9.66. The van der Waals surface area contributed by atoms with Crippen LogP contribution in [0.5, 0.6) is 11.5 Å². The summed E-state index contributed by atoms with van der Waals surface area (Å²) < 4.78 is 10.4. The Labute approximate surface area is 94.6 Å². The van der Waals surface area contributed by atoms with Gasteiger partial charge in [-0.25, -0.2) is 0 Å². The van der Waals surface area contributed by atoms with Crippen LogP contribution in [0, 0.1) is 0 Å². The molecule has 0 spiro atoms. The number of benzene rings is 1. The summed E-state index contributed by atoms with van der Waals surface area (Å²) in [4.78, 5) is 11.5. The summed E-state index contributed by atoms with van der Waals surface area (Å²) in [6.07, 6.45) is 0.773. The van der Waals surface area contributed by atoms with Crippen LogP contribution in [0.25, 0.3) is 0 Å². The third-order valence-electron chi connectivity index (χ3n) is 3.01. The lowest BCUT2D eigenvalue weighted by atomic mass is 9.76. The van der Waals surface area contributed by atoms with Crippen LogP contribution in [0.15, 0.2) is 12.1 Å². The molecule has 4 heteroatoms. The lowest BCUT2D eigenvalue weighted by Crippen LogP contribution is -2.33. The molecule has 16 heavy (non-hydrogen) atoms. The highest BCUT2D eigenvalue weighted by molar-refractivity contribution is 5.87. The van der Waals surface area contributed by atoms with E-state index in [-0.39, 0.29) is 11.8 Å². The summed E-state index contributed by atoms with van der Waals surface area (Å²) in [5.41, 5.74) is 2.20. The lowest BCUT2D eigenvalue weighted by Gasteiger charge is -2.29. The van der Waals surface area contributed by atoms with Gasteiger partial charge in [0.05, 0.1) is 20.1 Å². The van der Waals surface area contributed by atoms with E-state index in [4.69, 9.17) is 9.47 Å². The minimum absolute atomic E-state index is 0.0418. The molecule has 1 atom stereocenters. The third-order valence-corrected chi connectivity index (χ3v) is 3.01. The lowest BCUT2D eigenvalue weighted by molar-refractivity contribution is -0.122. The second kappa shape index (κ2) is 4.04. The normalized spacial score (nSPS) is 17.1. The summed E-state index contributed by atoms with van der Waals surface area (Å²) in [6, 6.07) is 3.82. The van der Waals surface area contributed by atoms with Gasteiger partial charge in [0.1, 0.15) is 0 Å². The van der Waals surface area contributed by atoms with E-state index >= 15 is 0 Å². The third kappa shape index (κ3) is 1.50. The van der Waals surface area contributed by atoms with Crippen molar-refractivity contribution in [1.82, 2.24) is 5.32 Å². The molecule has 0 unspecified atom stereocenters. The highest BCUT2D eigenvalue weighted by atomic mass is 16.5. The van der Waals surface area contributed by atoms with Crippen molar-refractivity contribution in [2.24, 2.45) is 0 Å². The number of carbonyl (C=O) groups is 1. The van der Waals surface area contributed by atoms with Crippen LogP contribution in [0.4, 0.5) is 0 Å². The second-order valence-electron chi connectivity index (χ2n) is 3.78. The quantitative estimate of drug-likeness (QED) is 0.831. The number of likely N-dealkylation sites (N-methyl/N-ethyl adjacent to an activating group) is 1. The first-order chi connectivity index (χ1) is 7.71. The molecule has 0 saturated carbocycles. The van der Waals surface area contributed by atoms with Crippen LogP contribution in [-0.2, 0) is 11.2 Å². The molecular formula is C12H15NO3. The topological polar surface area (TPSA) is 47.6 Å². The van der Waals surface area contributed by atoms with Crippen LogP contribution in [-0.4, -0.2) is 27.2 Å². The van der Waals surface area contributed by atoms with E-state index in [1.54, 1.807) is 21.3 Å². The zero-order valence-corrected chi connectivity index (χ0v) is 9.66. The van der Waals surface area contributed by atoms with E-state index in [0.29, 0.717) is 5.75 Å². The first-order valence-electron chi connectivity index (χ1n) is 5.17. The molecule has 1 aromatic carbocycles. The van der Waals surface area contributed by atoms with Crippen LogP contribution < -0.4 is 14.8 Å². The molecule has 1 aliphatic rings. The fourth-order valence-electron chi connectivity index (χ4n) is 2.04. The molecule has 1 N–H and O–H groups in total. The molecule has 0 fully saturated rings. The Bertz CT molecular complexity index is 429. The zero-order chi connectivity index (χ0) is 11.7. The monoisotopic (exact) mass is 221 g/mol. The number of fused-ring (bicyclic) bond motifs is 1. The fourth-order valence-corrected chi connectivity index (χ4v) is 2.04. The molecule has 4 nitrogen and oxygen atoms in total. The number of rotatable bonds is 3. The molecule has 86 valence electrons. The van der Waals surface area contributed by atoms with Crippen LogP contribution in [0.3, 0.4) is 0 Å². The maximum Gasteiger partial charge on any atom is 0.227 e. The van der Waals surface area contributed by atoms with Gasteiger partial charge in [0.15, 0.2) is 11.5 Å². The molecule has 0 saturated heterocycles. The van der Waals surface area contributed by atoms with Gasteiger partial charge >= 0.3 is 0 Å². The number of amides is 1. The molecular weight excluding hydrogens is 206 g/mol. The summed E-state index contributed by atoms with van der Waals surface area (Å²) in [5, 5.41) is 2.66. The van der Waals surface area contributed by atoms with E-state index in [1.165, 1.54) is 0 Å². The van der Waals surface area contributed by atoms with E-state index in [2.05, 4.69) is 5.32 Å². The highest BCUT2D eigenvalue weighted by Gasteiger charge is 2.33. The van der Waals surface area contributed by atoms with E-state index in [0.717, 1.165) is 23.3 Å². The number of hydrogen-bond acceptors (Lipinski definition) is 3. The van der Waals surface area contributed by atoms with E-state index in [1.807, 2.05) is 12.1 Å². The first-order valence-corrected chi connectivity index (χ1v) is 5.17. The van der Waals surface area contributed by atoms with Gasteiger partial charge in [0.2, 0.25) is 5.91 Å².